The molecule has 1 heterocycles. The minimum Gasteiger partial charge on any atom is -0.377 e. The molecule has 1 saturated carbocycles. The zero-order valence-corrected chi connectivity index (χ0v) is 9.41. The molecular weight excluding hydrogens is 190 g/mol. The van der Waals surface area contributed by atoms with Crippen molar-refractivity contribution in [1.82, 2.24) is 4.90 Å². The zero-order valence-electron chi connectivity index (χ0n) is 9.41. The predicted molar refractivity (Wildman–Crippen MR) is 58.9 cm³/mol. The molecular formula is C12H21NO2. The molecule has 3 nitrogen and oxygen atoms in total. The first-order valence-corrected chi connectivity index (χ1v) is 6.20. The third-order valence-corrected chi connectivity index (χ3v) is 3.45. The van der Waals surface area contributed by atoms with Gasteiger partial charge >= 0.3 is 0 Å². The first-order valence-electron chi connectivity index (χ1n) is 6.20. The number of nitrogens with zero attached hydrogens (tertiary/aromatic N) is 1. The lowest BCUT2D eigenvalue weighted by Crippen LogP contribution is -2.28. The smallest absolute Gasteiger partial charge is 0.133 e. The topological polar surface area (TPSA) is 29.5 Å². The van der Waals surface area contributed by atoms with Crippen molar-refractivity contribution >= 4 is 5.78 Å². The van der Waals surface area contributed by atoms with Crippen LogP contribution in [-0.2, 0) is 9.53 Å². The molecule has 86 valence electrons. The summed E-state index contributed by atoms with van der Waals surface area (Å²) in [5.74, 6) is 0.411. The molecule has 0 bridgehead atoms. The molecule has 1 saturated heterocycles. The average Bonchev–Trinajstić information content (AvgIpc) is 2.74. The molecule has 0 spiro atoms. The van der Waals surface area contributed by atoms with Crippen molar-refractivity contribution in [2.75, 3.05) is 26.2 Å². The molecule has 0 aromatic carbocycles. The van der Waals surface area contributed by atoms with E-state index in [-0.39, 0.29) is 0 Å². The number of ether oxygens (including phenoxy) is 1. The van der Waals surface area contributed by atoms with Gasteiger partial charge in [0.2, 0.25) is 0 Å². The summed E-state index contributed by atoms with van der Waals surface area (Å²) in [5, 5.41) is 0. The minimum absolute atomic E-state index is 0.352. The summed E-state index contributed by atoms with van der Waals surface area (Å²) in [4.78, 5) is 13.5. The lowest BCUT2D eigenvalue weighted by atomic mass is 9.96. The van der Waals surface area contributed by atoms with Crippen LogP contribution in [-0.4, -0.2) is 43.0 Å². The zero-order chi connectivity index (χ0) is 10.5. The van der Waals surface area contributed by atoms with Crippen LogP contribution in [0.4, 0.5) is 0 Å². The van der Waals surface area contributed by atoms with Crippen LogP contribution >= 0.6 is 0 Å². The van der Waals surface area contributed by atoms with Gasteiger partial charge in [0.15, 0.2) is 0 Å². The summed E-state index contributed by atoms with van der Waals surface area (Å²) in [5.41, 5.74) is 0. The molecule has 2 fully saturated rings. The van der Waals surface area contributed by atoms with Crippen molar-refractivity contribution in [1.29, 1.82) is 0 Å². The van der Waals surface area contributed by atoms with Gasteiger partial charge in [0.05, 0.1) is 12.7 Å². The maximum absolute atomic E-state index is 11.0. The summed E-state index contributed by atoms with van der Waals surface area (Å²) in [7, 11) is 0. The highest BCUT2D eigenvalue weighted by Crippen LogP contribution is 2.18. The van der Waals surface area contributed by atoms with Crippen LogP contribution in [0.25, 0.3) is 0 Å². The van der Waals surface area contributed by atoms with Crippen molar-refractivity contribution in [3.63, 3.8) is 0 Å². The Bertz CT molecular complexity index is 202. The van der Waals surface area contributed by atoms with Gasteiger partial charge in [-0.3, -0.25) is 4.79 Å². The Morgan fingerprint density at radius 1 is 1.20 bits per heavy atom. The van der Waals surface area contributed by atoms with Crippen molar-refractivity contribution in [2.45, 2.75) is 44.6 Å². The second kappa shape index (κ2) is 5.61. The number of carbonyl (C=O) groups is 1. The Morgan fingerprint density at radius 2 is 1.87 bits per heavy atom. The Hall–Kier alpha value is -0.410. The van der Waals surface area contributed by atoms with E-state index in [9.17, 15) is 4.79 Å². The van der Waals surface area contributed by atoms with Gasteiger partial charge < -0.3 is 9.64 Å². The Morgan fingerprint density at radius 3 is 2.53 bits per heavy atom. The second-order valence-electron chi connectivity index (χ2n) is 4.66. The number of rotatable bonds is 4. The Labute approximate surface area is 91.8 Å². The van der Waals surface area contributed by atoms with Crippen LogP contribution < -0.4 is 0 Å². The fourth-order valence-corrected chi connectivity index (χ4v) is 2.43. The predicted octanol–water partition coefficient (Wildman–Crippen LogP) is 1.61. The van der Waals surface area contributed by atoms with Crippen molar-refractivity contribution in [3.05, 3.63) is 0 Å². The molecule has 2 aliphatic rings. The minimum atomic E-state index is 0.352. The van der Waals surface area contributed by atoms with E-state index in [4.69, 9.17) is 4.74 Å². The van der Waals surface area contributed by atoms with E-state index in [2.05, 4.69) is 4.90 Å². The Balaban J connectivity index is 1.55. The fraction of sp³-hybridized carbons (Fsp3) is 0.917. The van der Waals surface area contributed by atoms with E-state index in [0.717, 1.165) is 38.8 Å². The van der Waals surface area contributed by atoms with Gasteiger partial charge in [0.25, 0.3) is 0 Å². The molecule has 0 atom stereocenters. The monoisotopic (exact) mass is 211 g/mol. The highest BCUT2D eigenvalue weighted by Gasteiger charge is 2.19. The highest BCUT2D eigenvalue weighted by atomic mass is 16.5. The Kier molecular flexibility index (Phi) is 4.15. The van der Waals surface area contributed by atoms with Crippen molar-refractivity contribution < 1.29 is 9.53 Å². The molecule has 0 aromatic rings. The number of hydrogen-bond donors (Lipinski definition) is 0. The maximum Gasteiger partial charge on any atom is 0.133 e. The molecule has 0 amide bonds. The standard InChI is InChI=1S/C12H21NO2/c14-11-3-5-12(6-4-11)15-10-9-13-7-1-2-8-13/h12H,1-10H2. The largest absolute Gasteiger partial charge is 0.377 e. The van der Waals surface area contributed by atoms with E-state index in [1.165, 1.54) is 25.9 Å². The number of carbonyl (C=O) groups excluding carboxylic acids is 1. The van der Waals surface area contributed by atoms with Gasteiger partial charge in [0.1, 0.15) is 5.78 Å². The first-order chi connectivity index (χ1) is 7.34. The molecule has 0 aromatic heterocycles. The molecule has 1 aliphatic carbocycles. The highest BCUT2D eigenvalue weighted by molar-refractivity contribution is 5.79. The van der Waals surface area contributed by atoms with Gasteiger partial charge in [-0.05, 0) is 38.8 Å². The SMILES string of the molecule is O=C1CCC(OCCN2CCCC2)CC1. The van der Waals surface area contributed by atoms with Crippen molar-refractivity contribution in [3.8, 4) is 0 Å². The molecule has 3 heteroatoms. The summed E-state index contributed by atoms with van der Waals surface area (Å²) in [6, 6.07) is 0. The van der Waals surface area contributed by atoms with E-state index in [0.29, 0.717) is 11.9 Å². The van der Waals surface area contributed by atoms with Gasteiger partial charge in [0, 0.05) is 19.4 Å². The van der Waals surface area contributed by atoms with Gasteiger partial charge in [-0.25, -0.2) is 0 Å². The third kappa shape index (κ3) is 3.58. The number of hydrogen-bond acceptors (Lipinski definition) is 3. The maximum atomic E-state index is 11.0. The molecule has 0 N–H and O–H groups in total. The van der Waals surface area contributed by atoms with Crippen LogP contribution in [0.15, 0.2) is 0 Å². The summed E-state index contributed by atoms with van der Waals surface area (Å²) in [6.07, 6.45) is 6.39. The number of ketones is 1. The average molecular weight is 211 g/mol. The summed E-state index contributed by atoms with van der Waals surface area (Å²) < 4.78 is 5.80. The van der Waals surface area contributed by atoms with Crippen LogP contribution in [0.3, 0.4) is 0 Å². The third-order valence-electron chi connectivity index (χ3n) is 3.45. The van der Waals surface area contributed by atoms with Gasteiger partial charge in [-0.1, -0.05) is 0 Å². The molecule has 2 rings (SSSR count). The van der Waals surface area contributed by atoms with Crippen LogP contribution in [0.1, 0.15) is 38.5 Å². The summed E-state index contributed by atoms with van der Waals surface area (Å²) in [6.45, 7) is 4.41. The van der Waals surface area contributed by atoms with Gasteiger partial charge in [-0.15, -0.1) is 0 Å². The van der Waals surface area contributed by atoms with Crippen LogP contribution in [0.5, 0.6) is 0 Å². The van der Waals surface area contributed by atoms with E-state index < -0.39 is 0 Å². The van der Waals surface area contributed by atoms with Crippen molar-refractivity contribution in [2.24, 2.45) is 0 Å². The van der Waals surface area contributed by atoms with E-state index in [1.807, 2.05) is 0 Å². The van der Waals surface area contributed by atoms with Crippen LogP contribution in [0, 0.1) is 0 Å². The molecule has 0 unspecified atom stereocenters. The van der Waals surface area contributed by atoms with Gasteiger partial charge in [-0.2, -0.15) is 0 Å². The first kappa shape index (κ1) is 11.1. The molecule has 1 aliphatic heterocycles. The lowest BCUT2D eigenvalue weighted by molar-refractivity contribution is -0.123. The quantitative estimate of drug-likeness (QED) is 0.707. The fourth-order valence-electron chi connectivity index (χ4n) is 2.43. The second-order valence-corrected chi connectivity index (χ2v) is 4.66. The number of likely N-dealkylation sites (tertiary alicyclic amines) is 1. The molecule has 0 radical (unpaired) electrons. The lowest BCUT2D eigenvalue weighted by Gasteiger charge is -2.23. The molecule has 15 heavy (non-hydrogen) atoms. The van der Waals surface area contributed by atoms with E-state index >= 15 is 0 Å². The normalized spacial score (nSPS) is 24.9. The number of Topliss-reactive ketones (excluding diaryl/α,β-unsaturated/α-hetero) is 1. The van der Waals surface area contributed by atoms with Crippen LogP contribution in [0.2, 0.25) is 0 Å². The summed E-state index contributed by atoms with van der Waals surface area (Å²) >= 11 is 0. The van der Waals surface area contributed by atoms with E-state index in [1.54, 1.807) is 0 Å².